The Bertz CT molecular complexity index is 369. The Morgan fingerprint density at radius 3 is 1.26 bits per heavy atom. The molecule has 0 saturated carbocycles. The number of rotatable bonds is 8. The van der Waals surface area contributed by atoms with Crippen molar-refractivity contribution in [3.05, 3.63) is 0 Å². The maximum absolute atomic E-state index is 10.1. The summed E-state index contributed by atoms with van der Waals surface area (Å²) in [6.07, 6.45) is 2.49. The van der Waals surface area contributed by atoms with Crippen LogP contribution in [0, 0.1) is 0 Å². The van der Waals surface area contributed by atoms with Gasteiger partial charge in [-0.25, -0.2) is 9.59 Å². The number of carboxylic acid groups (broad SMARTS) is 2. The van der Waals surface area contributed by atoms with E-state index in [1.54, 1.807) is 0 Å². The second kappa shape index (κ2) is 18.0. The quantitative estimate of drug-likeness (QED) is 0.140. The summed E-state index contributed by atoms with van der Waals surface area (Å²) >= 11 is 0. The molecule has 0 aromatic rings. The first-order chi connectivity index (χ1) is 10.4. The number of esters is 2. The number of aliphatic carboxylic acids is 2. The molecule has 124 valence electrons. The first kappa shape index (κ1) is 25.9. The molecule has 0 heterocycles. The number of ether oxygens (including phenoxy) is 2. The van der Waals surface area contributed by atoms with E-state index in [1.165, 1.54) is 0 Å². The molecule has 11 heteroatoms. The molecule has 0 spiro atoms. The van der Waals surface area contributed by atoms with Gasteiger partial charge in [0.2, 0.25) is 0 Å². The molecule has 0 aromatic heterocycles. The Labute approximate surface area is 147 Å². The van der Waals surface area contributed by atoms with Crippen molar-refractivity contribution in [3.63, 3.8) is 0 Å². The normalized spacial score (nSPS) is 8.35. The Balaban J connectivity index is -0.000000333. The van der Waals surface area contributed by atoms with E-state index in [0.29, 0.717) is 25.4 Å². The van der Waals surface area contributed by atoms with Crippen LogP contribution >= 0.6 is 0 Å². The summed E-state index contributed by atoms with van der Waals surface area (Å²) in [5.74, 6) is -6.51. The van der Waals surface area contributed by atoms with Crippen LogP contribution in [0.3, 0.4) is 0 Å². The Kier molecular flexibility index (Phi) is 20.3. The summed E-state index contributed by atoms with van der Waals surface area (Å²) in [4.78, 5) is 59.1. The monoisotopic (exact) mass is 342 g/mol. The Hall–Kier alpha value is -2.01. The van der Waals surface area contributed by atoms with Crippen molar-refractivity contribution in [1.82, 2.24) is 0 Å². The average molecular weight is 343 g/mol. The van der Waals surface area contributed by atoms with Crippen molar-refractivity contribution in [2.45, 2.75) is 25.7 Å². The molecular weight excluding hydrogens is 328 g/mol. The molecule has 0 radical (unpaired) electrons. The Morgan fingerprint density at radius 2 is 1.04 bits per heavy atom. The van der Waals surface area contributed by atoms with Gasteiger partial charge in [-0.3, -0.25) is 0 Å². The van der Waals surface area contributed by atoms with Gasteiger partial charge in [-0.15, -0.1) is 0 Å². The molecular formula is C12H14MgO10. The standard InChI is InChI=1S/2C6H8O5.Mg/c2*7-3-1-2-4-11-6(10)5(8)9;/h2*3H,1-2,4H2,(H,8,9);/q;;+2/p-2. The van der Waals surface area contributed by atoms with E-state index in [4.69, 9.17) is 0 Å². The van der Waals surface area contributed by atoms with Crippen molar-refractivity contribution < 1.29 is 48.5 Å². The van der Waals surface area contributed by atoms with E-state index >= 15 is 0 Å². The molecule has 0 rings (SSSR count). The number of unbranched alkanes of at least 4 members (excludes halogenated alkanes) is 2. The van der Waals surface area contributed by atoms with Crippen LogP contribution in [0.5, 0.6) is 0 Å². The molecule has 0 unspecified atom stereocenters. The molecule has 10 nitrogen and oxygen atoms in total. The van der Waals surface area contributed by atoms with E-state index in [2.05, 4.69) is 9.47 Å². The third kappa shape index (κ3) is 20.0. The summed E-state index contributed by atoms with van der Waals surface area (Å²) in [6, 6.07) is 0. The van der Waals surface area contributed by atoms with Crippen molar-refractivity contribution >= 4 is 59.5 Å². The maximum atomic E-state index is 10.1. The van der Waals surface area contributed by atoms with Crippen molar-refractivity contribution in [1.29, 1.82) is 0 Å². The molecule has 0 aliphatic rings. The van der Waals surface area contributed by atoms with Crippen LogP contribution in [-0.2, 0) is 38.2 Å². The zero-order chi connectivity index (χ0) is 17.4. The molecule has 0 N–H and O–H groups in total. The topological polar surface area (TPSA) is 167 Å². The van der Waals surface area contributed by atoms with Crippen LogP contribution in [-0.4, -0.2) is 72.7 Å². The van der Waals surface area contributed by atoms with Gasteiger partial charge in [0.1, 0.15) is 12.6 Å². The second-order valence-corrected chi connectivity index (χ2v) is 3.46. The van der Waals surface area contributed by atoms with Crippen LogP contribution < -0.4 is 10.2 Å². The molecule has 0 fully saturated rings. The zero-order valence-corrected chi connectivity index (χ0v) is 13.6. The Morgan fingerprint density at radius 1 is 0.739 bits per heavy atom. The predicted molar refractivity (Wildman–Crippen MR) is 68.3 cm³/mol. The predicted octanol–water partition coefficient (Wildman–Crippen LogP) is -3.86. The molecule has 0 atom stereocenters. The van der Waals surface area contributed by atoms with Crippen LogP contribution in [0.1, 0.15) is 25.7 Å². The minimum Gasteiger partial charge on any atom is -0.539 e. The van der Waals surface area contributed by atoms with Crippen LogP contribution in [0.15, 0.2) is 0 Å². The largest absolute Gasteiger partial charge is 2.00 e. The molecule has 0 aliphatic heterocycles. The number of aldehydes is 2. The van der Waals surface area contributed by atoms with Gasteiger partial charge < -0.3 is 38.9 Å². The van der Waals surface area contributed by atoms with Crippen molar-refractivity contribution in [2.24, 2.45) is 0 Å². The van der Waals surface area contributed by atoms with Crippen molar-refractivity contribution in [2.75, 3.05) is 13.2 Å². The smallest absolute Gasteiger partial charge is 0.539 e. The number of hydrogen-bond acceptors (Lipinski definition) is 10. The SMILES string of the molecule is O=CCCCOC(=O)C(=O)[O-].O=CCCCOC(=O)C(=O)[O-].[Mg+2]. The van der Waals surface area contributed by atoms with Gasteiger partial charge >= 0.3 is 35.0 Å². The molecule has 0 aliphatic carbocycles. The van der Waals surface area contributed by atoms with Crippen LogP contribution in [0.2, 0.25) is 0 Å². The number of carbonyl (C=O) groups is 6. The molecule has 0 saturated heterocycles. The third-order valence-corrected chi connectivity index (χ3v) is 1.73. The first-order valence-corrected chi connectivity index (χ1v) is 6.00. The summed E-state index contributed by atoms with van der Waals surface area (Å²) in [5, 5.41) is 19.4. The maximum Gasteiger partial charge on any atom is 2.00 e. The average Bonchev–Trinajstić information content (AvgIpc) is 2.48. The first-order valence-electron chi connectivity index (χ1n) is 6.00. The summed E-state index contributed by atoms with van der Waals surface area (Å²) < 4.78 is 8.29. The molecule has 0 bridgehead atoms. The van der Waals surface area contributed by atoms with E-state index in [-0.39, 0.29) is 49.1 Å². The van der Waals surface area contributed by atoms with Crippen molar-refractivity contribution in [3.8, 4) is 0 Å². The molecule has 0 aromatic carbocycles. The number of carbonyl (C=O) groups excluding carboxylic acids is 6. The van der Waals surface area contributed by atoms with Gasteiger partial charge in [0, 0.05) is 12.8 Å². The fourth-order valence-corrected chi connectivity index (χ4v) is 0.781. The number of carboxylic acids is 2. The van der Waals surface area contributed by atoms with Gasteiger partial charge in [0.25, 0.3) is 0 Å². The van der Waals surface area contributed by atoms with E-state index in [1.807, 2.05) is 0 Å². The molecule has 23 heavy (non-hydrogen) atoms. The fraction of sp³-hybridized carbons (Fsp3) is 0.500. The van der Waals surface area contributed by atoms with E-state index in [0.717, 1.165) is 0 Å². The van der Waals surface area contributed by atoms with E-state index in [9.17, 15) is 39.0 Å². The summed E-state index contributed by atoms with van der Waals surface area (Å²) in [6.45, 7) is -0.128. The van der Waals surface area contributed by atoms with Gasteiger partial charge in [0.05, 0.1) is 13.2 Å². The second-order valence-electron chi connectivity index (χ2n) is 3.46. The van der Waals surface area contributed by atoms with Crippen LogP contribution in [0.4, 0.5) is 0 Å². The van der Waals surface area contributed by atoms with Gasteiger partial charge in [-0.05, 0) is 12.8 Å². The van der Waals surface area contributed by atoms with Crippen LogP contribution in [0.25, 0.3) is 0 Å². The zero-order valence-electron chi connectivity index (χ0n) is 12.2. The van der Waals surface area contributed by atoms with Gasteiger partial charge in [0.15, 0.2) is 11.9 Å². The summed E-state index contributed by atoms with van der Waals surface area (Å²) in [5.41, 5.74) is 0. The fourth-order valence-electron chi connectivity index (χ4n) is 0.781. The minimum atomic E-state index is -1.86. The third-order valence-electron chi connectivity index (χ3n) is 1.73. The molecule has 0 amide bonds. The van der Waals surface area contributed by atoms with Gasteiger partial charge in [-0.2, -0.15) is 0 Å². The number of hydrogen-bond donors (Lipinski definition) is 0. The minimum absolute atomic E-state index is 0. The van der Waals surface area contributed by atoms with Gasteiger partial charge in [-0.1, -0.05) is 0 Å². The van der Waals surface area contributed by atoms with E-state index < -0.39 is 23.9 Å². The summed E-state index contributed by atoms with van der Waals surface area (Å²) in [7, 11) is 0.